The van der Waals surface area contributed by atoms with E-state index in [0.29, 0.717) is 17.5 Å². The van der Waals surface area contributed by atoms with Gasteiger partial charge >= 0.3 is 5.69 Å². The zero-order valence-electron chi connectivity index (χ0n) is 10.7. The van der Waals surface area contributed by atoms with Crippen molar-refractivity contribution >= 4 is 23.4 Å². The highest BCUT2D eigenvalue weighted by molar-refractivity contribution is 7.98. The van der Waals surface area contributed by atoms with Crippen LogP contribution in [0.4, 0.5) is 11.6 Å². The number of nitro benzene ring substituents is 1. The number of nitrogen functional groups attached to an aromatic ring is 1. The number of benzene rings is 1. The first-order valence-corrected chi connectivity index (χ1v) is 6.79. The van der Waals surface area contributed by atoms with E-state index in [9.17, 15) is 10.1 Å². The standard InChI is InChI=1S/C11H13N5O3S/c1-2-19-9-5-7(3-4-8(9)16(17)18)6-20-11-13-10(12)14-15-11/h3-5H,2,6H2,1H3,(H3,12,13,14,15). The van der Waals surface area contributed by atoms with Crippen LogP contribution in [-0.4, -0.2) is 26.7 Å². The van der Waals surface area contributed by atoms with Crippen LogP contribution in [-0.2, 0) is 5.75 Å². The summed E-state index contributed by atoms with van der Waals surface area (Å²) >= 11 is 1.38. The minimum Gasteiger partial charge on any atom is -0.487 e. The molecule has 0 spiro atoms. The third kappa shape index (κ3) is 3.38. The van der Waals surface area contributed by atoms with Crippen LogP contribution in [0.3, 0.4) is 0 Å². The quantitative estimate of drug-likeness (QED) is 0.475. The average Bonchev–Trinajstić information content (AvgIpc) is 2.82. The summed E-state index contributed by atoms with van der Waals surface area (Å²) < 4.78 is 5.29. The fourth-order valence-corrected chi connectivity index (χ4v) is 2.29. The van der Waals surface area contributed by atoms with Crippen LogP contribution < -0.4 is 10.5 Å². The Morgan fingerprint density at radius 3 is 2.95 bits per heavy atom. The van der Waals surface area contributed by atoms with Gasteiger partial charge in [-0.25, -0.2) is 5.10 Å². The Bertz CT molecular complexity index is 616. The normalized spacial score (nSPS) is 10.4. The van der Waals surface area contributed by atoms with Crippen molar-refractivity contribution in [1.82, 2.24) is 15.2 Å². The van der Waals surface area contributed by atoms with E-state index in [4.69, 9.17) is 10.5 Å². The van der Waals surface area contributed by atoms with Crippen LogP contribution in [0.25, 0.3) is 0 Å². The summed E-state index contributed by atoms with van der Waals surface area (Å²) in [6.07, 6.45) is 0. The van der Waals surface area contributed by atoms with Gasteiger partial charge in [0.2, 0.25) is 11.1 Å². The number of aromatic amines is 1. The number of hydrogen-bond acceptors (Lipinski definition) is 7. The first-order chi connectivity index (χ1) is 9.60. The highest BCUT2D eigenvalue weighted by atomic mass is 32.2. The van der Waals surface area contributed by atoms with Crippen molar-refractivity contribution in [3.8, 4) is 5.75 Å². The van der Waals surface area contributed by atoms with Gasteiger partial charge in [-0.05, 0) is 18.6 Å². The first-order valence-electron chi connectivity index (χ1n) is 5.81. The van der Waals surface area contributed by atoms with Gasteiger partial charge < -0.3 is 10.5 Å². The van der Waals surface area contributed by atoms with Gasteiger partial charge in [-0.2, -0.15) is 4.98 Å². The molecule has 9 heteroatoms. The minimum atomic E-state index is -0.460. The van der Waals surface area contributed by atoms with Crippen LogP contribution in [0.5, 0.6) is 5.75 Å². The molecule has 0 radical (unpaired) electrons. The number of thioether (sulfide) groups is 1. The van der Waals surface area contributed by atoms with E-state index in [0.717, 1.165) is 5.56 Å². The van der Waals surface area contributed by atoms with Crippen LogP contribution in [0.15, 0.2) is 23.4 Å². The van der Waals surface area contributed by atoms with Crippen molar-refractivity contribution in [2.24, 2.45) is 0 Å². The number of ether oxygens (including phenoxy) is 1. The van der Waals surface area contributed by atoms with Gasteiger partial charge in [-0.15, -0.1) is 5.10 Å². The number of nitro groups is 1. The van der Waals surface area contributed by atoms with Crippen molar-refractivity contribution < 1.29 is 9.66 Å². The molecule has 3 N–H and O–H groups in total. The minimum absolute atomic E-state index is 0.0391. The predicted molar refractivity (Wildman–Crippen MR) is 74.6 cm³/mol. The lowest BCUT2D eigenvalue weighted by atomic mass is 10.2. The van der Waals surface area contributed by atoms with Crippen molar-refractivity contribution in [2.45, 2.75) is 17.8 Å². The van der Waals surface area contributed by atoms with Crippen molar-refractivity contribution in [2.75, 3.05) is 12.3 Å². The molecule has 0 aliphatic carbocycles. The van der Waals surface area contributed by atoms with Crippen LogP contribution >= 0.6 is 11.8 Å². The number of H-pyrrole nitrogens is 1. The summed E-state index contributed by atoms with van der Waals surface area (Å²) in [7, 11) is 0. The van der Waals surface area contributed by atoms with E-state index in [-0.39, 0.29) is 17.4 Å². The van der Waals surface area contributed by atoms with Gasteiger partial charge in [0, 0.05) is 11.8 Å². The van der Waals surface area contributed by atoms with E-state index in [2.05, 4.69) is 15.2 Å². The molecule has 2 rings (SSSR count). The second-order valence-corrected chi connectivity index (χ2v) is 4.73. The molecule has 1 aromatic heterocycles. The monoisotopic (exact) mass is 295 g/mol. The zero-order chi connectivity index (χ0) is 14.5. The summed E-state index contributed by atoms with van der Waals surface area (Å²) in [5.74, 6) is 1.09. The fraction of sp³-hybridized carbons (Fsp3) is 0.273. The van der Waals surface area contributed by atoms with E-state index in [1.54, 1.807) is 19.1 Å². The molecule has 0 fully saturated rings. The van der Waals surface area contributed by atoms with Gasteiger partial charge in [0.1, 0.15) is 0 Å². The average molecular weight is 295 g/mol. The number of nitrogens with two attached hydrogens (primary N) is 1. The van der Waals surface area contributed by atoms with Gasteiger partial charge in [-0.3, -0.25) is 10.1 Å². The Morgan fingerprint density at radius 1 is 1.55 bits per heavy atom. The van der Waals surface area contributed by atoms with E-state index >= 15 is 0 Å². The van der Waals surface area contributed by atoms with Gasteiger partial charge in [-0.1, -0.05) is 17.8 Å². The maximum absolute atomic E-state index is 10.9. The fourth-order valence-electron chi connectivity index (χ4n) is 1.54. The van der Waals surface area contributed by atoms with Crippen molar-refractivity contribution in [3.05, 3.63) is 33.9 Å². The Morgan fingerprint density at radius 2 is 2.35 bits per heavy atom. The smallest absolute Gasteiger partial charge is 0.310 e. The molecule has 106 valence electrons. The molecule has 0 aliphatic heterocycles. The number of hydrogen-bond donors (Lipinski definition) is 2. The molecule has 0 saturated carbocycles. The predicted octanol–water partition coefficient (Wildman–Crippen LogP) is 1.99. The van der Waals surface area contributed by atoms with E-state index < -0.39 is 4.92 Å². The van der Waals surface area contributed by atoms with Crippen LogP contribution in [0, 0.1) is 10.1 Å². The third-order valence-electron chi connectivity index (χ3n) is 2.37. The van der Waals surface area contributed by atoms with Crippen molar-refractivity contribution in [1.29, 1.82) is 0 Å². The summed E-state index contributed by atoms with van der Waals surface area (Å²) in [4.78, 5) is 14.4. The van der Waals surface area contributed by atoms with E-state index in [1.807, 2.05) is 0 Å². The Labute approximate surface area is 118 Å². The lowest BCUT2D eigenvalue weighted by Gasteiger charge is -2.06. The zero-order valence-corrected chi connectivity index (χ0v) is 11.5. The molecule has 0 unspecified atom stereocenters. The second kappa shape index (κ2) is 6.24. The number of aromatic nitrogens is 3. The molecule has 0 amide bonds. The Kier molecular flexibility index (Phi) is 4.41. The number of rotatable bonds is 6. The maximum Gasteiger partial charge on any atom is 0.310 e. The SMILES string of the molecule is CCOc1cc(CSc2n[nH]c(N)n2)ccc1[N+](=O)[O-]. The largest absolute Gasteiger partial charge is 0.487 e. The summed E-state index contributed by atoms with van der Waals surface area (Å²) in [5, 5.41) is 17.8. The molecule has 0 saturated heterocycles. The van der Waals surface area contributed by atoms with Gasteiger partial charge in [0.15, 0.2) is 5.75 Å². The topological polar surface area (TPSA) is 120 Å². The summed E-state index contributed by atoms with van der Waals surface area (Å²) in [5.41, 5.74) is 6.27. The van der Waals surface area contributed by atoms with Gasteiger partial charge in [0.25, 0.3) is 0 Å². The molecule has 0 bridgehead atoms. The highest BCUT2D eigenvalue weighted by Gasteiger charge is 2.15. The molecular formula is C11H13N5O3S. The lowest BCUT2D eigenvalue weighted by Crippen LogP contribution is -1.98. The molecular weight excluding hydrogens is 282 g/mol. The van der Waals surface area contributed by atoms with Crippen LogP contribution in [0.1, 0.15) is 12.5 Å². The number of nitrogens with zero attached hydrogens (tertiary/aromatic N) is 3. The lowest BCUT2D eigenvalue weighted by molar-refractivity contribution is -0.385. The Hall–Kier alpha value is -2.29. The molecule has 20 heavy (non-hydrogen) atoms. The third-order valence-corrected chi connectivity index (χ3v) is 3.29. The molecule has 1 heterocycles. The maximum atomic E-state index is 10.9. The van der Waals surface area contributed by atoms with Crippen LogP contribution in [0.2, 0.25) is 0 Å². The van der Waals surface area contributed by atoms with Gasteiger partial charge in [0.05, 0.1) is 11.5 Å². The molecule has 2 aromatic rings. The van der Waals surface area contributed by atoms with E-state index in [1.165, 1.54) is 17.8 Å². The number of nitrogens with one attached hydrogen (secondary N) is 1. The highest BCUT2D eigenvalue weighted by Crippen LogP contribution is 2.30. The summed E-state index contributed by atoms with van der Waals surface area (Å²) in [6.45, 7) is 2.15. The Balaban J connectivity index is 2.12. The molecule has 0 aliphatic rings. The summed E-state index contributed by atoms with van der Waals surface area (Å²) in [6, 6.07) is 4.78. The van der Waals surface area contributed by atoms with Crippen molar-refractivity contribution in [3.63, 3.8) is 0 Å². The second-order valence-electron chi connectivity index (χ2n) is 3.78. The molecule has 8 nitrogen and oxygen atoms in total. The first kappa shape index (κ1) is 14.1. The number of anilines is 1. The molecule has 0 atom stereocenters. The molecule has 1 aromatic carbocycles.